The quantitative estimate of drug-likeness (QED) is 0.579. The highest BCUT2D eigenvalue weighted by Gasteiger charge is 2.19. The standard InChI is InChI=1S/C10H13F/c1-8-6-4-5-7-9(8)10(2,3)11/h4-7H,1-3H3. The molecule has 0 aliphatic rings. The van der Waals surface area contributed by atoms with Gasteiger partial charge < -0.3 is 0 Å². The SMILES string of the molecule is Cc1ccccc1C(C)(C)F. The van der Waals surface area contributed by atoms with Gasteiger partial charge >= 0.3 is 0 Å². The predicted octanol–water partition coefficient (Wildman–Crippen LogP) is 3.20. The van der Waals surface area contributed by atoms with E-state index in [2.05, 4.69) is 0 Å². The molecule has 0 aliphatic carbocycles. The molecule has 0 fully saturated rings. The second kappa shape index (κ2) is 2.65. The number of aryl methyl sites for hydroxylation is 1. The van der Waals surface area contributed by atoms with E-state index in [9.17, 15) is 4.39 Å². The van der Waals surface area contributed by atoms with Crippen LogP contribution in [-0.4, -0.2) is 0 Å². The summed E-state index contributed by atoms with van der Waals surface area (Å²) in [4.78, 5) is 0. The Kier molecular flexibility index (Phi) is 1.99. The molecule has 0 saturated carbocycles. The summed E-state index contributed by atoms with van der Waals surface area (Å²) in [6.07, 6.45) is 0. The second-order valence-electron chi connectivity index (χ2n) is 3.29. The Morgan fingerprint density at radius 1 is 1.18 bits per heavy atom. The van der Waals surface area contributed by atoms with Crippen molar-refractivity contribution in [1.82, 2.24) is 0 Å². The summed E-state index contributed by atoms with van der Waals surface area (Å²) < 4.78 is 13.4. The second-order valence-corrected chi connectivity index (χ2v) is 3.29. The highest BCUT2D eigenvalue weighted by atomic mass is 19.1. The lowest BCUT2D eigenvalue weighted by Gasteiger charge is -2.16. The fraction of sp³-hybridized carbons (Fsp3) is 0.400. The molecule has 0 radical (unpaired) electrons. The van der Waals surface area contributed by atoms with Gasteiger partial charge in [-0.05, 0) is 31.9 Å². The van der Waals surface area contributed by atoms with Crippen molar-refractivity contribution in [2.45, 2.75) is 26.4 Å². The number of benzene rings is 1. The van der Waals surface area contributed by atoms with Crippen molar-refractivity contribution in [2.75, 3.05) is 0 Å². The zero-order valence-corrected chi connectivity index (χ0v) is 7.19. The summed E-state index contributed by atoms with van der Waals surface area (Å²) in [6, 6.07) is 7.54. The Morgan fingerprint density at radius 2 is 1.73 bits per heavy atom. The molecule has 0 unspecified atom stereocenters. The van der Waals surface area contributed by atoms with Crippen LogP contribution in [-0.2, 0) is 5.67 Å². The van der Waals surface area contributed by atoms with Crippen molar-refractivity contribution in [3.05, 3.63) is 35.4 Å². The predicted molar refractivity (Wildman–Crippen MR) is 45.3 cm³/mol. The molecule has 0 N–H and O–H groups in total. The average molecular weight is 152 g/mol. The normalized spacial score (nSPS) is 11.6. The lowest BCUT2D eigenvalue weighted by molar-refractivity contribution is 0.220. The van der Waals surface area contributed by atoms with Crippen LogP contribution in [0, 0.1) is 6.92 Å². The zero-order chi connectivity index (χ0) is 8.48. The molecule has 0 aliphatic heterocycles. The van der Waals surface area contributed by atoms with Crippen LogP contribution in [0.1, 0.15) is 25.0 Å². The van der Waals surface area contributed by atoms with Crippen LogP contribution in [0.2, 0.25) is 0 Å². The molecule has 60 valence electrons. The molecule has 1 heteroatoms. The van der Waals surface area contributed by atoms with E-state index in [1.807, 2.05) is 31.2 Å². The van der Waals surface area contributed by atoms with Crippen LogP contribution >= 0.6 is 0 Å². The maximum Gasteiger partial charge on any atom is 0.130 e. The van der Waals surface area contributed by atoms with E-state index in [-0.39, 0.29) is 0 Å². The average Bonchev–Trinajstić information content (AvgIpc) is 1.86. The van der Waals surface area contributed by atoms with Crippen LogP contribution in [0.15, 0.2) is 24.3 Å². The van der Waals surface area contributed by atoms with Gasteiger partial charge in [0.1, 0.15) is 5.67 Å². The van der Waals surface area contributed by atoms with Crippen molar-refractivity contribution >= 4 is 0 Å². The number of alkyl halides is 1. The lowest BCUT2D eigenvalue weighted by Crippen LogP contribution is -2.10. The largest absolute Gasteiger partial charge is 0.239 e. The minimum atomic E-state index is -1.22. The van der Waals surface area contributed by atoms with Gasteiger partial charge in [0.15, 0.2) is 0 Å². The number of hydrogen-bond donors (Lipinski definition) is 0. The van der Waals surface area contributed by atoms with Crippen molar-refractivity contribution < 1.29 is 4.39 Å². The Bertz CT molecular complexity index is 245. The van der Waals surface area contributed by atoms with E-state index in [1.54, 1.807) is 13.8 Å². The first kappa shape index (κ1) is 8.25. The molecule has 0 amide bonds. The minimum absolute atomic E-state index is 0.778. The van der Waals surface area contributed by atoms with E-state index in [1.165, 1.54) is 0 Å². The van der Waals surface area contributed by atoms with Crippen LogP contribution in [0.5, 0.6) is 0 Å². The van der Waals surface area contributed by atoms with E-state index in [0.717, 1.165) is 11.1 Å². The van der Waals surface area contributed by atoms with E-state index >= 15 is 0 Å². The maximum atomic E-state index is 13.4. The first-order valence-electron chi connectivity index (χ1n) is 3.77. The van der Waals surface area contributed by atoms with E-state index in [4.69, 9.17) is 0 Å². The topological polar surface area (TPSA) is 0 Å². The van der Waals surface area contributed by atoms with E-state index < -0.39 is 5.67 Å². The van der Waals surface area contributed by atoms with Crippen LogP contribution in [0.4, 0.5) is 4.39 Å². The number of rotatable bonds is 1. The molecule has 0 aromatic heterocycles. The summed E-state index contributed by atoms with van der Waals surface area (Å²) in [6.45, 7) is 5.08. The molecule has 1 aromatic carbocycles. The van der Waals surface area contributed by atoms with Crippen molar-refractivity contribution in [3.63, 3.8) is 0 Å². The lowest BCUT2D eigenvalue weighted by atomic mass is 9.96. The van der Waals surface area contributed by atoms with Gasteiger partial charge in [-0.3, -0.25) is 0 Å². The molecular weight excluding hydrogens is 139 g/mol. The number of halogens is 1. The Balaban J connectivity index is 3.14. The molecule has 0 spiro atoms. The van der Waals surface area contributed by atoms with Gasteiger partial charge in [0, 0.05) is 0 Å². The van der Waals surface area contributed by atoms with Crippen LogP contribution < -0.4 is 0 Å². The third-order valence-corrected chi connectivity index (χ3v) is 1.79. The molecule has 0 bridgehead atoms. The zero-order valence-electron chi connectivity index (χ0n) is 7.19. The van der Waals surface area contributed by atoms with Gasteiger partial charge in [0.2, 0.25) is 0 Å². The summed E-state index contributed by atoms with van der Waals surface area (Å²) in [7, 11) is 0. The molecular formula is C10H13F. The molecule has 0 nitrogen and oxygen atoms in total. The van der Waals surface area contributed by atoms with Crippen LogP contribution in [0.25, 0.3) is 0 Å². The molecule has 1 rings (SSSR count). The summed E-state index contributed by atoms with van der Waals surface area (Å²) >= 11 is 0. The number of hydrogen-bond acceptors (Lipinski definition) is 0. The fourth-order valence-electron chi connectivity index (χ4n) is 1.24. The first-order valence-corrected chi connectivity index (χ1v) is 3.77. The molecule has 11 heavy (non-hydrogen) atoms. The summed E-state index contributed by atoms with van der Waals surface area (Å²) in [5, 5.41) is 0. The summed E-state index contributed by atoms with van der Waals surface area (Å²) in [5.74, 6) is 0. The third-order valence-electron chi connectivity index (χ3n) is 1.79. The van der Waals surface area contributed by atoms with Crippen LogP contribution in [0.3, 0.4) is 0 Å². The highest BCUT2D eigenvalue weighted by molar-refractivity contribution is 5.29. The minimum Gasteiger partial charge on any atom is -0.239 e. The maximum absolute atomic E-state index is 13.4. The van der Waals surface area contributed by atoms with Gasteiger partial charge in [0.25, 0.3) is 0 Å². The molecule has 1 aromatic rings. The Hall–Kier alpha value is -0.850. The molecule has 0 atom stereocenters. The Morgan fingerprint density at radius 3 is 2.09 bits per heavy atom. The van der Waals surface area contributed by atoms with Crippen molar-refractivity contribution in [2.24, 2.45) is 0 Å². The van der Waals surface area contributed by atoms with Gasteiger partial charge in [-0.2, -0.15) is 0 Å². The smallest absolute Gasteiger partial charge is 0.130 e. The van der Waals surface area contributed by atoms with Gasteiger partial charge in [0.05, 0.1) is 0 Å². The van der Waals surface area contributed by atoms with Crippen molar-refractivity contribution in [3.8, 4) is 0 Å². The third kappa shape index (κ3) is 1.79. The molecule has 0 saturated heterocycles. The van der Waals surface area contributed by atoms with Gasteiger partial charge in [-0.1, -0.05) is 24.3 Å². The van der Waals surface area contributed by atoms with E-state index in [0.29, 0.717) is 0 Å². The molecule has 0 heterocycles. The first-order chi connectivity index (χ1) is 5.02. The van der Waals surface area contributed by atoms with Gasteiger partial charge in [-0.25, -0.2) is 4.39 Å². The van der Waals surface area contributed by atoms with Crippen molar-refractivity contribution in [1.29, 1.82) is 0 Å². The Labute approximate surface area is 67.1 Å². The monoisotopic (exact) mass is 152 g/mol. The van der Waals surface area contributed by atoms with Gasteiger partial charge in [-0.15, -0.1) is 0 Å². The summed E-state index contributed by atoms with van der Waals surface area (Å²) in [5.41, 5.74) is 0.575. The highest BCUT2D eigenvalue weighted by Crippen LogP contribution is 2.26. The fourth-order valence-corrected chi connectivity index (χ4v) is 1.24.